The molecule has 0 aliphatic carbocycles. The fourth-order valence-electron chi connectivity index (χ4n) is 3.92. The van der Waals surface area contributed by atoms with E-state index in [4.69, 9.17) is 21.1 Å². The number of amides is 2. The van der Waals surface area contributed by atoms with Gasteiger partial charge in [0.25, 0.3) is 11.8 Å². The molecule has 0 spiro atoms. The Morgan fingerprint density at radius 2 is 1.94 bits per heavy atom. The van der Waals surface area contributed by atoms with Crippen molar-refractivity contribution < 1.29 is 19.1 Å². The summed E-state index contributed by atoms with van der Waals surface area (Å²) in [7, 11) is 1.64. The monoisotopic (exact) mass is 487 g/mol. The van der Waals surface area contributed by atoms with Crippen LogP contribution in [0.1, 0.15) is 21.5 Å². The van der Waals surface area contributed by atoms with E-state index in [0.29, 0.717) is 35.0 Å². The molecule has 1 aromatic heterocycles. The van der Waals surface area contributed by atoms with Gasteiger partial charge in [0.05, 0.1) is 12.8 Å². The van der Waals surface area contributed by atoms with Crippen LogP contribution in [-0.4, -0.2) is 30.5 Å². The van der Waals surface area contributed by atoms with E-state index < -0.39 is 0 Å². The highest BCUT2D eigenvalue weighted by Gasteiger charge is 2.23. The van der Waals surface area contributed by atoms with Crippen LogP contribution in [0.15, 0.2) is 72.6 Å². The summed E-state index contributed by atoms with van der Waals surface area (Å²) >= 11 is 5.91. The van der Waals surface area contributed by atoms with E-state index >= 15 is 0 Å². The second-order valence-electron chi connectivity index (χ2n) is 8.06. The third kappa shape index (κ3) is 4.85. The number of nitrogens with one attached hydrogen (secondary N) is 3. The van der Waals surface area contributed by atoms with Crippen molar-refractivity contribution >= 4 is 46.1 Å². The maximum Gasteiger partial charge on any atom is 0.291 e. The molecule has 2 heterocycles. The standard InChI is InChI=1S/C27H22ClN3O4/c1-34-20-7-8-22-21(14-20)18(15-30-22)10-11-29-26(32)17-4-9-24-23(13-17)31-27(33)25(35-24)12-16-2-5-19(28)6-3-16/h2-9,12-15,30H,10-11H2,1H3,(H,29,32)(H,31,33)/b25-12-. The Labute approximate surface area is 206 Å². The van der Waals surface area contributed by atoms with Crippen LogP contribution in [0, 0.1) is 0 Å². The molecule has 0 unspecified atom stereocenters. The Kier molecular flexibility index (Phi) is 6.16. The van der Waals surface area contributed by atoms with Gasteiger partial charge in [-0.3, -0.25) is 9.59 Å². The van der Waals surface area contributed by atoms with Gasteiger partial charge >= 0.3 is 0 Å². The molecular formula is C27H22ClN3O4. The number of carbonyl (C=O) groups is 2. The summed E-state index contributed by atoms with van der Waals surface area (Å²) in [6.45, 7) is 0.455. The summed E-state index contributed by atoms with van der Waals surface area (Å²) in [5.41, 5.74) is 3.76. The molecule has 3 N–H and O–H groups in total. The molecule has 0 atom stereocenters. The SMILES string of the molecule is COc1ccc2[nH]cc(CCNC(=O)c3ccc4c(c3)NC(=O)/C(=C/c3ccc(Cl)cc3)O4)c2c1. The van der Waals surface area contributed by atoms with Crippen molar-refractivity contribution in [1.29, 1.82) is 0 Å². The molecule has 2 amide bonds. The highest BCUT2D eigenvalue weighted by atomic mass is 35.5. The molecular weight excluding hydrogens is 466 g/mol. The molecule has 0 bridgehead atoms. The first-order valence-corrected chi connectivity index (χ1v) is 11.4. The summed E-state index contributed by atoms with van der Waals surface area (Å²) in [4.78, 5) is 28.5. The number of anilines is 1. The molecule has 0 saturated carbocycles. The van der Waals surface area contributed by atoms with Gasteiger partial charge in [0.1, 0.15) is 5.75 Å². The second kappa shape index (κ2) is 9.56. The van der Waals surface area contributed by atoms with Crippen LogP contribution in [0.2, 0.25) is 5.02 Å². The van der Waals surface area contributed by atoms with Gasteiger partial charge in [-0.25, -0.2) is 0 Å². The summed E-state index contributed by atoms with van der Waals surface area (Å²) < 4.78 is 11.1. The Morgan fingerprint density at radius 1 is 1.11 bits per heavy atom. The summed E-state index contributed by atoms with van der Waals surface area (Å²) in [5.74, 6) is 0.787. The Bertz CT molecular complexity index is 1460. The molecule has 0 radical (unpaired) electrons. The number of ether oxygens (including phenoxy) is 2. The molecule has 0 saturated heterocycles. The Hall–Kier alpha value is -4.23. The van der Waals surface area contributed by atoms with Crippen molar-refractivity contribution in [2.45, 2.75) is 6.42 Å². The number of aromatic amines is 1. The van der Waals surface area contributed by atoms with Crippen LogP contribution in [-0.2, 0) is 11.2 Å². The zero-order chi connectivity index (χ0) is 24.4. The highest BCUT2D eigenvalue weighted by Crippen LogP contribution is 2.32. The van der Waals surface area contributed by atoms with E-state index in [9.17, 15) is 9.59 Å². The largest absolute Gasteiger partial charge is 0.497 e. The van der Waals surface area contributed by atoms with Gasteiger partial charge in [0.2, 0.25) is 0 Å². The Balaban J connectivity index is 1.24. The fourth-order valence-corrected chi connectivity index (χ4v) is 4.04. The number of halogens is 1. The number of hydrogen-bond acceptors (Lipinski definition) is 4. The molecule has 35 heavy (non-hydrogen) atoms. The van der Waals surface area contributed by atoms with Gasteiger partial charge < -0.3 is 25.1 Å². The van der Waals surface area contributed by atoms with E-state index in [1.54, 1.807) is 55.7 Å². The van der Waals surface area contributed by atoms with Gasteiger partial charge in [-0.2, -0.15) is 0 Å². The van der Waals surface area contributed by atoms with Crippen LogP contribution in [0.25, 0.3) is 17.0 Å². The number of fused-ring (bicyclic) bond motifs is 2. The quantitative estimate of drug-likeness (QED) is 0.327. The van der Waals surface area contributed by atoms with Crippen LogP contribution < -0.4 is 20.1 Å². The van der Waals surface area contributed by atoms with Crippen LogP contribution in [0.4, 0.5) is 5.69 Å². The molecule has 8 heteroatoms. The number of hydrogen-bond donors (Lipinski definition) is 3. The van der Waals surface area contributed by atoms with Crippen molar-refractivity contribution in [1.82, 2.24) is 10.3 Å². The van der Waals surface area contributed by atoms with E-state index in [1.807, 2.05) is 24.4 Å². The zero-order valence-corrected chi connectivity index (χ0v) is 19.6. The third-order valence-electron chi connectivity index (χ3n) is 5.76. The first-order valence-electron chi connectivity index (χ1n) is 11.0. The minimum atomic E-state index is -0.389. The lowest BCUT2D eigenvalue weighted by Crippen LogP contribution is -2.27. The predicted molar refractivity (Wildman–Crippen MR) is 136 cm³/mol. The average molecular weight is 488 g/mol. The van der Waals surface area contributed by atoms with Crippen LogP contribution >= 0.6 is 11.6 Å². The van der Waals surface area contributed by atoms with Crippen molar-refractivity contribution in [3.05, 3.63) is 94.3 Å². The minimum Gasteiger partial charge on any atom is -0.497 e. The van der Waals surface area contributed by atoms with E-state index in [-0.39, 0.29) is 17.6 Å². The minimum absolute atomic E-state index is 0.160. The molecule has 1 aliphatic rings. The maximum atomic E-state index is 12.7. The van der Waals surface area contributed by atoms with Gasteiger partial charge in [-0.1, -0.05) is 23.7 Å². The summed E-state index contributed by atoms with van der Waals surface area (Å²) in [6, 6.07) is 17.9. The van der Waals surface area contributed by atoms with Crippen molar-refractivity contribution in [3.8, 4) is 11.5 Å². The second-order valence-corrected chi connectivity index (χ2v) is 8.50. The number of aromatic nitrogens is 1. The number of carbonyl (C=O) groups excluding carboxylic acids is 2. The number of benzene rings is 3. The molecule has 5 rings (SSSR count). The first kappa shape index (κ1) is 22.6. The van der Waals surface area contributed by atoms with Crippen molar-refractivity contribution in [2.24, 2.45) is 0 Å². The van der Waals surface area contributed by atoms with Gasteiger partial charge in [0.15, 0.2) is 11.5 Å². The van der Waals surface area contributed by atoms with Gasteiger partial charge in [-0.15, -0.1) is 0 Å². The van der Waals surface area contributed by atoms with Gasteiger partial charge in [-0.05, 0) is 72.2 Å². The van der Waals surface area contributed by atoms with E-state index in [1.165, 1.54) is 0 Å². The van der Waals surface area contributed by atoms with E-state index in [0.717, 1.165) is 27.8 Å². The van der Waals surface area contributed by atoms with Crippen LogP contribution in [0.3, 0.4) is 0 Å². The molecule has 1 aliphatic heterocycles. The maximum absolute atomic E-state index is 12.7. The Morgan fingerprint density at radius 3 is 2.74 bits per heavy atom. The molecule has 0 fully saturated rings. The average Bonchev–Trinajstić information content (AvgIpc) is 3.27. The number of methoxy groups -OCH3 is 1. The topological polar surface area (TPSA) is 92.5 Å². The number of rotatable bonds is 6. The van der Waals surface area contributed by atoms with Crippen molar-refractivity contribution in [3.63, 3.8) is 0 Å². The van der Waals surface area contributed by atoms with Crippen LogP contribution in [0.5, 0.6) is 11.5 Å². The van der Waals surface area contributed by atoms with Crippen molar-refractivity contribution in [2.75, 3.05) is 19.0 Å². The van der Waals surface area contributed by atoms with E-state index in [2.05, 4.69) is 15.6 Å². The lowest BCUT2D eigenvalue weighted by atomic mass is 10.1. The molecule has 3 aromatic carbocycles. The lowest BCUT2D eigenvalue weighted by Gasteiger charge is -2.20. The smallest absolute Gasteiger partial charge is 0.291 e. The molecule has 176 valence electrons. The van der Waals surface area contributed by atoms with Gasteiger partial charge in [0, 0.05) is 34.2 Å². The normalized spacial score (nSPS) is 13.8. The fraction of sp³-hybridized carbons (Fsp3) is 0.111. The summed E-state index contributed by atoms with van der Waals surface area (Å²) in [6.07, 6.45) is 4.23. The third-order valence-corrected chi connectivity index (χ3v) is 6.01. The summed E-state index contributed by atoms with van der Waals surface area (Å²) in [5, 5.41) is 7.40. The molecule has 4 aromatic rings. The zero-order valence-electron chi connectivity index (χ0n) is 18.9. The lowest BCUT2D eigenvalue weighted by molar-refractivity contribution is -0.115. The molecule has 7 nitrogen and oxygen atoms in total. The number of H-pyrrole nitrogens is 1. The first-order chi connectivity index (χ1) is 17.0. The predicted octanol–water partition coefficient (Wildman–Crippen LogP) is 5.17. The highest BCUT2D eigenvalue weighted by molar-refractivity contribution is 6.30.